The van der Waals surface area contributed by atoms with Crippen LogP contribution in [0.1, 0.15) is 25.8 Å². The molecule has 0 aliphatic rings. The van der Waals surface area contributed by atoms with Crippen LogP contribution in [-0.2, 0) is 6.42 Å². The van der Waals surface area contributed by atoms with Gasteiger partial charge in [0, 0.05) is 10.4 Å². The van der Waals surface area contributed by atoms with Crippen LogP contribution in [0.5, 0.6) is 0 Å². The monoisotopic (exact) mass is 230 g/mol. The van der Waals surface area contributed by atoms with Crippen molar-refractivity contribution in [2.75, 3.05) is 0 Å². The van der Waals surface area contributed by atoms with Gasteiger partial charge in [-0.05, 0) is 43.4 Å². The maximum absolute atomic E-state index is 5.94. The number of benzene rings is 1. The molecule has 2 unspecified atom stereocenters. The summed E-state index contributed by atoms with van der Waals surface area (Å²) in [6, 6.07) is 8.03. The van der Waals surface area contributed by atoms with Crippen molar-refractivity contribution in [3.05, 3.63) is 34.9 Å². The van der Waals surface area contributed by atoms with Crippen LogP contribution in [0.25, 0.3) is 0 Å². The van der Waals surface area contributed by atoms with Gasteiger partial charge in [0.15, 0.2) is 0 Å². The number of hydrogen-bond acceptors (Lipinski definition) is 0. The summed E-state index contributed by atoms with van der Waals surface area (Å²) >= 11 is 11.9. The molecule has 0 radical (unpaired) electrons. The van der Waals surface area contributed by atoms with Crippen molar-refractivity contribution in [2.24, 2.45) is 5.92 Å². The summed E-state index contributed by atoms with van der Waals surface area (Å²) in [7, 11) is 0. The van der Waals surface area contributed by atoms with Gasteiger partial charge in [0.25, 0.3) is 0 Å². The molecule has 0 N–H and O–H groups in total. The van der Waals surface area contributed by atoms with Crippen LogP contribution in [-0.4, -0.2) is 5.38 Å². The predicted molar refractivity (Wildman–Crippen MR) is 64.3 cm³/mol. The van der Waals surface area contributed by atoms with Crippen LogP contribution in [0.15, 0.2) is 24.3 Å². The van der Waals surface area contributed by atoms with E-state index in [2.05, 4.69) is 13.0 Å². The summed E-state index contributed by atoms with van der Waals surface area (Å²) in [6.45, 7) is 4.26. The SMILES string of the molecule is CC(Cl)CC(C)Cc1cccc(Cl)c1. The van der Waals surface area contributed by atoms with Gasteiger partial charge in [0.05, 0.1) is 0 Å². The highest BCUT2D eigenvalue weighted by atomic mass is 35.5. The van der Waals surface area contributed by atoms with Crippen molar-refractivity contribution in [1.82, 2.24) is 0 Å². The highest BCUT2D eigenvalue weighted by molar-refractivity contribution is 6.30. The number of rotatable bonds is 4. The number of hydrogen-bond donors (Lipinski definition) is 0. The standard InChI is InChI=1S/C12H16Cl2/c1-9(6-10(2)13)7-11-4-3-5-12(14)8-11/h3-5,8-10H,6-7H2,1-2H3. The van der Waals surface area contributed by atoms with Crippen LogP contribution in [0.2, 0.25) is 5.02 Å². The fourth-order valence-corrected chi connectivity index (χ4v) is 2.22. The molecule has 0 spiro atoms. The maximum atomic E-state index is 5.94. The fourth-order valence-electron chi connectivity index (χ4n) is 1.70. The van der Waals surface area contributed by atoms with E-state index in [0.717, 1.165) is 17.9 Å². The average Bonchev–Trinajstić information content (AvgIpc) is 2.01. The summed E-state index contributed by atoms with van der Waals surface area (Å²) in [6.07, 6.45) is 2.10. The number of halogens is 2. The zero-order valence-electron chi connectivity index (χ0n) is 8.63. The second-order valence-electron chi connectivity index (χ2n) is 3.96. The molecule has 0 heterocycles. The Hall–Kier alpha value is -0.200. The molecule has 0 saturated heterocycles. The Kier molecular flexibility index (Phi) is 4.77. The third-order valence-corrected chi connectivity index (χ3v) is 2.61. The lowest BCUT2D eigenvalue weighted by molar-refractivity contribution is 0.526. The Balaban J connectivity index is 2.51. The zero-order chi connectivity index (χ0) is 10.6. The maximum Gasteiger partial charge on any atom is 0.0408 e. The van der Waals surface area contributed by atoms with Crippen LogP contribution in [0.3, 0.4) is 0 Å². The van der Waals surface area contributed by atoms with Crippen LogP contribution < -0.4 is 0 Å². The quantitative estimate of drug-likeness (QED) is 0.667. The lowest BCUT2D eigenvalue weighted by Gasteiger charge is -2.12. The van der Waals surface area contributed by atoms with Crippen molar-refractivity contribution >= 4 is 23.2 Å². The first kappa shape index (κ1) is 11.9. The van der Waals surface area contributed by atoms with Gasteiger partial charge in [-0.1, -0.05) is 30.7 Å². The minimum atomic E-state index is 0.254. The lowest BCUT2D eigenvalue weighted by Crippen LogP contribution is -2.05. The van der Waals surface area contributed by atoms with E-state index in [9.17, 15) is 0 Å². The molecule has 0 nitrogen and oxygen atoms in total. The lowest BCUT2D eigenvalue weighted by atomic mass is 9.97. The highest BCUT2D eigenvalue weighted by Gasteiger charge is 2.07. The zero-order valence-corrected chi connectivity index (χ0v) is 10.1. The van der Waals surface area contributed by atoms with Gasteiger partial charge in [0.1, 0.15) is 0 Å². The average molecular weight is 231 g/mol. The van der Waals surface area contributed by atoms with E-state index < -0.39 is 0 Å². The van der Waals surface area contributed by atoms with E-state index in [4.69, 9.17) is 23.2 Å². The molecule has 1 aromatic carbocycles. The molecule has 0 aromatic heterocycles. The van der Waals surface area contributed by atoms with Crippen LogP contribution in [0, 0.1) is 5.92 Å². The molecule has 1 aromatic rings. The molecule has 0 amide bonds. The van der Waals surface area contributed by atoms with Crippen LogP contribution in [0.4, 0.5) is 0 Å². The molecule has 0 bridgehead atoms. The van der Waals surface area contributed by atoms with Gasteiger partial charge in [-0.3, -0.25) is 0 Å². The molecule has 0 aliphatic carbocycles. The summed E-state index contributed by atoms with van der Waals surface area (Å²) in [4.78, 5) is 0. The van der Waals surface area contributed by atoms with E-state index in [-0.39, 0.29) is 5.38 Å². The Morgan fingerprint density at radius 1 is 1.29 bits per heavy atom. The van der Waals surface area contributed by atoms with Gasteiger partial charge in [-0.15, -0.1) is 11.6 Å². The van der Waals surface area contributed by atoms with Gasteiger partial charge >= 0.3 is 0 Å². The first-order valence-corrected chi connectivity index (χ1v) is 5.78. The third-order valence-electron chi connectivity index (χ3n) is 2.20. The second kappa shape index (κ2) is 5.63. The Morgan fingerprint density at radius 2 is 2.00 bits per heavy atom. The summed E-state index contributed by atoms with van der Waals surface area (Å²) in [5, 5.41) is 1.07. The summed E-state index contributed by atoms with van der Waals surface area (Å²) in [5.41, 5.74) is 1.29. The minimum absolute atomic E-state index is 0.254. The van der Waals surface area contributed by atoms with Gasteiger partial charge in [-0.25, -0.2) is 0 Å². The van der Waals surface area contributed by atoms with Crippen LogP contribution >= 0.6 is 23.2 Å². The third kappa shape index (κ3) is 4.34. The molecular formula is C12H16Cl2. The van der Waals surface area contributed by atoms with Crippen molar-refractivity contribution in [1.29, 1.82) is 0 Å². The largest absolute Gasteiger partial charge is 0.123 e. The van der Waals surface area contributed by atoms with E-state index in [0.29, 0.717) is 5.92 Å². The Morgan fingerprint density at radius 3 is 2.57 bits per heavy atom. The van der Waals surface area contributed by atoms with E-state index >= 15 is 0 Å². The van der Waals surface area contributed by atoms with Crippen molar-refractivity contribution in [2.45, 2.75) is 32.1 Å². The fraction of sp³-hybridized carbons (Fsp3) is 0.500. The van der Waals surface area contributed by atoms with E-state index in [1.165, 1.54) is 5.56 Å². The molecule has 78 valence electrons. The molecular weight excluding hydrogens is 215 g/mol. The Bertz CT molecular complexity index is 281. The van der Waals surface area contributed by atoms with E-state index in [1.54, 1.807) is 0 Å². The van der Waals surface area contributed by atoms with E-state index in [1.807, 2.05) is 25.1 Å². The highest BCUT2D eigenvalue weighted by Crippen LogP contribution is 2.18. The topological polar surface area (TPSA) is 0 Å². The second-order valence-corrected chi connectivity index (χ2v) is 5.14. The van der Waals surface area contributed by atoms with Crippen molar-refractivity contribution < 1.29 is 0 Å². The van der Waals surface area contributed by atoms with Gasteiger partial charge < -0.3 is 0 Å². The molecule has 0 fully saturated rings. The molecule has 2 heteroatoms. The predicted octanol–water partition coefficient (Wildman–Crippen LogP) is 4.54. The molecule has 1 rings (SSSR count). The molecule has 0 saturated carbocycles. The Labute approximate surface area is 96.2 Å². The molecule has 2 atom stereocenters. The summed E-state index contributed by atoms with van der Waals surface area (Å²) < 4.78 is 0. The molecule has 0 aliphatic heterocycles. The van der Waals surface area contributed by atoms with Crippen molar-refractivity contribution in [3.8, 4) is 0 Å². The smallest absolute Gasteiger partial charge is 0.0408 e. The first-order chi connectivity index (χ1) is 6.58. The first-order valence-electron chi connectivity index (χ1n) is 4.96. The number of alkyl halides is 1. The van der Waals surface area contributed by atoms with Gasteiger partial charge in [-0.2, -0.15) is 0 Å². The minimum Gasteiger partial charge on any atom is -0.123 e. The molecule has 14 heavy (non-hydrogen) atoms. The summed E-state index contributed by atoms with van der Waals surface area (Å²) in [5.74, 6) is 0.612. The van der Waals surface area contributed by atoms with Gasteiger partial charge in [0.2, 0.25) is 0 Å². The van der Waals surface area contributed by atoms with Crippen molar-refractivity contribution in [3.63, 3.8) is 0 Å². The normalized spacial score (nSPS) is 15.1.